The SMILES string of the molecule is CCc1cc(Nc2ncn(-c3cccc(F)c3)n2)cc(N2CC(N3CCOCC3)C2)c1.[HH]. The highest BCUT2D eigenvalue weighted by atomic mass is 19.1. The van der Waals surface area contributed by atoms with Crippen molar-refractivity contribution >= 4 is 17.3 Å². The summed E-state index contributed by atoms with van der Waals surface area (Å²) in [4.78, 5) is 9.29. The van der Waals surface area contributed by atoms with Crippen molar-refractivity contribution in [3.8, 4) is 5.69 Å². The third-order valence-corrected chi connectivity index (χ3v) is 6.00. The third-order valence-electron chi connectivity index (χ3n) is 6.00. The monoisotopic (exact) mass is 424 g/mol. The van der Waals surface area contributed by atoms with Gasteiger partial charge in [0.05, 0.1) is 18.9 Å². The van der Waals surface area contributed by atoms with E-state index in [1.165, 1.54) is 23.4 Å². The fourth-order valence-corrected chi connectivity index (χ4v) is 4.17. The number of nitrogens with one attached hydrogen (secondary N) is 1. The van der Waals surface area contributed by atoms with E-state index >= 15 is 0 Å². The van der Waals surface area contributed by atoms with Crippen molar-refractivity contribution < 1.29 is 10.6 Å². The molecule has 5 rings (SSSR count). The summed E-state index contributed by atoms with van der Waals surface area (Å²) in [5, 5.41) is 7.76. The summed E-state index contributed by atoms with van der Waals surface area (Å²) in [5.74, 6) is 0.186. The smallest absolute Gasteiger partial charge is 0.246 e. The predicted molar refractivity (Wildman–Crippen MR) is 121 cm³/mol. The molecule has 1 N–H and O–H groups in total. The normalized spacial score (nSPS) is 17.5. The van der Waals surface area contributed by atoms with Crippen LogP contribution < -0.4 is 10.2 Å². The Labute approximate surface area is 182 Å². The van der Waals surface area contributed by atoms with Crippen LogP contribution in [0.15, 0.2) is 48.8 Å². The highest BCUT2D eigenvalue weighted by molar-refractivity contribution is 5.65. The van der Waals surface area contributed by atoms with E-state index in [9.17, 15) is 4.39 Å². The minimum atomic E-state index is -0.298. The van der Waals surface area contributed by atoms with E-state index in [2.05, 4.69) is 50.3 Å². The Morgan fingerprint density at radius 1 is 1.13 bits per heavy atom. The van der Waals surface area contributed by atoms with Crippen molar-refractivity contribution in [3.05, 3.63) is 60.2 Å². The molecule has 3 heterocycles. The second-order valence-electron chi connectivity index (χ2n) is 8.07. The van der Waals surface area contributed by atoms with Crippen molar-refractivity contribution in [2.75, 3.05) is 49.6 Å². The minimum Gasteiger partial charge on any atom is -0.379 e. The number of morpholine rings is 1. The van der Waals surface area contributed by atoms with E-state index in [-0.39, 0.29) is 7.24 Å². The number of aryl methyl sites for hydroxylation is 1. The van der Waals surface area contributed by atoms with Gasteiger partial charge in [0.15, 0.2) is 0 Å². The molecular weight excluding hydrogens is 395 g/mol. The number of rotatable bonds is 6. The molecule has 0 radical (unpaired) electrons. The van der Waals surface area contributed by atoms with Crippen molar-refractivity contribution in [1.29, 1.82) is 0 Å². The Morgan fingerprint density at radius 2 is 1.97 bits per heavy atom. The summed E-state index contributed by atoms with van der Waals surface area (Å²) >= 11 is 0. The maximum Gasteiger partial charge on any atom is 0.246 e. The van der Waals surface area contributed by atoms with Crippen LogP contribution in [-0.2, 0) is 11.2 Å². The highest BCUT2D eigenvalue weighted by Gasteiger charge is 2.32. The molecule has 2 saturated heterocycles. The van der Waals surface area contributed by atoms with Gasteiger partial charge in [-0.15, -0.1) is 5.10 Å². The van der Waals surface area contributed by atoms with E-state index in [0.29, 0.717) is 17.7 Å². The maximum absolute atomic E-state index is 13.5. The maximum atomic E-state index is 13.5. The topological polar surface area (TPSA) is 58.5 Å². The molecule has 8 heteroatoms. The molecule has 0 saturated carbocycles. The molecule has 3 aromatic rings. The summed E-state index contributed by atoms with van der Waals surface area (Å²) in [6.07, 6.45) is 2.54. The van der Waals surface area contributed by atoms with Crippen LogP contribution in [0.3, 0.4) is 0 Å². The summed E-state index contributed by atoms with van der Waals surface area (Å²) in [6.45, 7) is 7.97. The van der Waals surface area contributed by atoms with Crippen molar-refractivity contribution in [3.63, 3.8) is 0 Å². The molecule has 2 aliphatic rings. The predicted octanol–water partition coefficient (Wildman–Crippen LogP) is 3.48. The lowest BCUT2D eigenvalue weighted by atomic mass is 10.0. The van der Waals surface area contributed by atoms with Gasteiger partial charge in [-0.1, -0.05) is 13.0 Å². The second kappa shape index (κ2) is 8.64. The van der Waals surface area contributed by atoms with Gasteiger partial charge in [0.25, 0.3) is 0 Å². The molecule has 0 amide bonds. The molecule has 0 atom stereocenters. The lowest BCUT2D eigenvalue weighted by Gasteiger charge is -2.47. The van der Waals surface area contributed by atoms with Gasteiger partial charge < -0.3 is 15.0 Å². The molecule has 2 fully saturated rings. The summed E-state index contributed by atoms with van der Waals surface area (Å²) in [7, 11) is 0. The number of benzene rings is 2. The molecule has 0 aliphatic carbocycles. The molecule has 1 aromatic heterocycles. The van der Waals surface area contributed by atoms with Crippen molar-refractivity contribution in [2.45, 2.75) is 19.4 Å². The Bertz CT molecular complexity index is 1050. The zero-order valence-corrected chi connectivity index (χ0v) is 17.7. The van der Waals surface area contributed by atoms with Gasteiger partial charge in [0, 0.05) is 45.0 Å². The van der Waals surface area contributed by atoms with Crippen LogP contribution in [0.4, 0.5) is 21.7 Å². The fourth-order valence-electron chi connectivity index (χ4n) is 4.17. The van der Waals surface area contributed by atoms with Crippen molar-refractivity contribution in [2.24, 2.45) is 0 Å². The highest BCUT2D eigenvalue weighted by Crippen LogP contribution is 2.29. The third kappa shape index (κ3) is 4.40. The van der Waals surface area contributed by atoms with Crippen LogP contribution in [-0.4, -0.2) is 65.1 Å². The summed E-state index contributed by atoms with van der Waals surface area (Å²) < 4.78 is 20.5. The van der Waals surface area contributed by atoms with Gasteiger partial charge in [-0.25, -0.2) is 9.07 Å². The van der Waals surface area contributed by atoms with Crippen LogP contribution in [0, 0.1) is 5.82 Å². The molecular formula is C23H29FN6O. The second-order valence-corrected chi connectivity index (χ2v) is 8.07. The molecule has 164 valence electrons. The fraction of sp³-hybridized carbons (Fsp3) is 0.391. The van der Waals surface area contributed by atoms with Crippen LogP contribution in [0.5, 0.6) is 0 Å². The molecule has 2 aliphatic heterocycles. The lowest BCUT2D eigenvalue weighted by Crippen LogP contribution is -2.61. The molecule has 0 bridgehead atoms. The Kier molecular flexibility index (Phi) is 5.57. The first-order chi connectivity index (χ1) is 15.2. The van der Waals surface area contributed by atoms with Gasteiger partial charge in [-0.3, -0.25) is 4.90 Å². The van der Waals surface area contributed by atoms with Gasteiger partial charge in [-0.05, 0) is 48.4 Å². The summed E-state index contributed by atoms with van der Waals surface area (Å²) in [5.41, 5.74) is 4.08. The van der Waals surface area contributed by atoms with E-state index in [1.54, 1.807) is 23.1 Å². The Morgan fingerprint density at radius 3 is 2.74 bits per heavy atom. The largest absolute Gasteiger partial charge is 0.379 e. The lowest BCUT2D eigenvalue weighted by molar-refractivity contribution is 0.0105. The number of aromatic nitrogens is 3. The quantitative estimate of drug-likeness (QED) is 0.654. The van der Waals surface area contributed by atoms with Gasteiger partial charge in [0.2, 0.25) is 5.95 Å². The van der Waals surface area contributed by atoms with Gasteiger partial charge in [-0.2, -0.15) is 4.98 Å². The molecule has 0 unspecified atom stereocenters. The van der Waals surface area contributed by atoms with Crippen LogP contribution in [0.25, 0.3) is 5.69 Å². The molecule has 0 spiro atoms. The number of ether oxygens (including phenoxy) is 1. The Balaban J connectivity index is 0.00000245. The van der Waals surface area contributed by atoms with E-state index in [1.807, 2.05) is 0 Å². The van der Waals surface area contributed by atoms with Gasteiger partial charge >= 0.3 is 0 Å². The molecule has 7 nitrogen and oxygen atoms in total. The van der Waals surface area contributed by atoms with Gasteiger partial charge in [0.1, 0.15) is 12.1 Å². The zero-order valence-electron chi connectivity index (χ0n) is 17.7. The Hall–Kier alpha value is -2.97. The summed E-state index contributed by atoms with van der Waals surface area (Å²) in [6, 6.07) is 13.5. The minimum absolute atomic E-state index is 0. The average molecular weight is 425 g/mol. The van der Waals surface area contributed by atoms with E-state index in [0.717, 1.165) is 51.5 Å². The first kappa shape index (κ1) is 20.0. The number of hydrogen-bond donors (Lipinski definition) is 1. The number of nitrogens with zero attached hydrogens (tertiary/aromatic N) is 5. The zero-order chi connectivity index (χ0) is 21.2. The van der Waals surface area contributed by atoms with Crippen LogP contribution >= 0.6 is 0 Å². The van der Waals surface area contributed by atoms with Crippen LogP contribution in [0.1, 0.15) is 13.9 Å². The van der Waals surface area contributed by atoms with Crippen molar-refractivity contribution in [1.82, 2.24) is 19.7 Å². The molecule has 31 heavy (non-hydrogen) atoms. The standard InChI is InChI=1S/C23H27FN6O.H2/c1-2-17-10-19(26-23-25-16-30(27-23)20-5-3-4-18(24)12-20)13-21(11-17)29-14-22(15-29)28-6-8-31-9-7-28;/h3-5,10-13,16,22H,2,6-9,14-15H2,1H3,(H,26,27);1H. The first-order valence-corrected chi connectivity index (χ1v) is 10.8. The average Bonchev–Trinajstić information content (AvgIpc) is 3.22. The first-order valence-electron chi connectivity index (χ1n) is 10.8. The number of halogens is 1. The van der Waals surface area contributed by atoms with E-state index < -0.39 is 0 Å². The number of anilines is 3. The van der Waals surface area contributed by atoms with E-state index in [4.69, 9.17) is 4.74 Å². The number of hydrogen-bond acceptors (Lipinski definition) is 6. The molecule has 2 aromatic carbocycles. The van der Waals surface area contributed by atoms with Crippen LogP contribution in [0.2, 0.25) is 0 Å².